The average Bonchev–Trinajstić information content (AvgIpc) is 2.50. The number of nitro groups is 2. The number of nitro benzene ring substituents is 2. The minimum atomic E-state index is -1.10. The minimum Gasteiger partial charge on any atom is -0.508 e. The summed E-state index contributed by atoms with van der Waals surface area (Å²) in [5.41, 5.74) is -3.69. The Hall–Kier alpha value is -3.82. The third-order valence-corrected chi connectivity index (χ3v) is 3.60. The first-order valence-corrected chi connectivity index (χ1v) is 6.35. The van der Waals surface area contributed by atoms with Gasteiger partial charge in [0.2, 0.25) is 11.5 Å². The predicted octanol–water partition coefficient (Wildman–Crippen LogP) is 1.69. The van der Waals surface area contributed by atoms with Crippen LogP contribution in [-0.2, 0) is 0 Å². The molecule has 1 aliphatic rings. The molecule has 0 atom stereocenters. The van der Waals surface area contributed by atoms with Crippen LogP contribution in [0.5, 0.6) is 11.5 Å². The maximum absolute atomic E-state index is 12.6. The van der Waals surface area contributed by atoms with Gasteiger partial charge in [0.15, 0.2) is 5.78 Å². The summed E-state index contributed by atoms with van der Waals surface area (Å²) in [6, 6.07) is 3.40. The molecular formula is C14H6N2O8. The number of ketones is 2. The number of rotatable bonds is 2. The molecule has 0 aliphatic heterocycles. The monoisotopic (exact) mass is 330 g/mol. The van der Waals surface area contributed by atoms with Crippen LogP contribution < -0.4 is 0 Å². The summed E-state index contributed by atoms with van der Waals surface area (Å²) < 4.78 is 0. The van der Waals surface area contributed by atoms with E-state index in [1.165, 1.54) is 0 Å². The molecule has 10 heteroatoms. The Bertz CT molecular complexity index is 979. The number of carbonyl (C=O) groups excluding carboxylic acids is 2. The van der Waals surface area contributed by atoms with Crippen LogP contribution in [0.15, 0.2) is 24.3 Å². The van der Waals surface area contributed by atoms with Crippen molar-refractivity contribution in [3.8, 4) is 11.5 Å². The number of aromatic hydroxyl groups is 2. The van der Waals surface area contributed by atoms with Crippen LogP contribution in [0, 0.1) is 20.2 Å². The van der Waals surface area contributed by atoms with E-state index in [0.29, 0.717) is 6.07 Å². The standard InChI is InChI=1S/C14H6N2O8/c17-5-3-7-10(9(4-5)16(23)24)14(20)11-6(12(7)18)1-2-8(13(11)19)15(21)22/h1-4,17,19H. The molecule has 0 spiro atoms. The maximum atomic E-state index is 12.6. The van der Waals surface area contributed by atoms with Gasteiger partial charge in [-0.25, -0.2) is 0 Å². The van der Waals surface area contributed by atoms with Gasteiger partial charge in [-0.1, -0.05) is 0 Å². The van der Waals surface area contributed by atoms with E-state index in [-0.39, 0.29) is 5.56 Å². The van der Waals surface area contributed by atoms with Gasteiger partial charge in [-0.2, -0.15) is 0 Å². The molecule has 0 saturated carbocycles. The maximum Gasteiger partial charge on any atom is 0.311 e. The number of phenolic OH excluding ortho intramolecular Hbond substituents is 2. The Balaban J connectivity index is 2.40. The highest BCUT2D eigenvalue weighted by molar-refractivity contribution is 6.31. The summed E-state index contributed by atoms with van der Waals surface area (Å²) in [5.74, 6) is -3.60. The summed E-state index contributed by atoms with van der Waals surface area (Å²) in [5, 5.41) is 41.5. The number of hydrogen-bond donors (Lipinski definition) is 2. The predicted molar refractivity (Wildman–Crippen MR) is 76.4 cm³/mol. The second-order valence-electron chi connectivity index (χ2n) is 4.92. The summed E-state index contributed by atoms with van der Waals surface area (Å²) in [7, 11) is 0. The van der Waals surface area contributed by atoms with Gasteiger partial charge in [0.25, 0.3) is 5.69 Å². The molecular weight excluding hydrogens is 324 g/mol. The highest BCUT2D eigenvalue weighted by Crippen LogP contribution is 2.41. The molecule has 2 N–H and O–H groups in total. The van der Waals surface area contributed by atoms with Gasteiger partial charge >= 0.3 is 5.69 Å². The van der Waals surface area contributed by atoms with Gasteiger partial charge in [-0.15, -0.1) is 0 Å². The molecule has 2 aromatic rings. The molecule has 2 aromatic carbocycles. The van der Waals surface area contributed by atoms with Crippen LogP contribution >= 0.6 is 0 Å². The van der Waals surface area contributed by atoms with Gasteiger partial charge in [-0.3, -0.25) is 29.8 Å². The summed E-state index contributed by atoms with van der Waals surface area (Å²) in [4.78, 5) is 45.1. The van der Waals surface area contributed by atoms with E-state index in [9.17, 15) is 40.0 Å². The SMILES string of the molecule is O=C1c2cc(O)cc([N+](=O)[O-])c2C(=O)c2c1ccc([N+](=O)[O-])c2O. The zero-order valence-electron chi connectivity index (χ0n) is 11.5. The largest absolute Gasteiger partial charge is 0.508 e. The second-order valence-corrected chi connectivity index (χ2v) is 4.92. The smallest absolute Gasteiger partial charge is 0.311 e. The second kappa shape index (κ2) is 4.84. The molecule has 0 heterocycles. The molecule has 10 nitrogen and oxygen atoms in total. The Labute approximate surface area is 131 Å². The Morgan fingerprint density at radius 3 is 2.00 bits per heavy atom. The lowest BCUT2D eigenvalue weighted by Gasteiger charge is -2.18. The fourth-order valence-corrected chi connectivity index (χ4v) is 2.59. The van der Waals surface area contributed by atoms with Gasteiger partial charge in [0.1, 0.15) is 11.3 Å². The highest BCUT2D eigenvalue weighted by atomic mass is 16.6. The van der Waals surface area contributed by atoms with Crippen molar-refractivity contribution < 1.29 is 29.6 Å². The Kier molecular flexibility index (Phi) is 3.04. The molecule has 120 valence electrons. The molecule has 0 amide bonds. The molecule has 3 rings (SSSR count). The molecule has 0 bridgehead atoms. The minimum absolute atomic E-state index is 0.338. The lowest BCUT2D eigenvalue weighted by atomic mass is 9.82. The number of benzene rings is 2. The third-order valence-electron chi connectivity index (χ3n) is 3.60. The molecule has 0 unspecified atom stereocenters. The van der Waals surface area contributed by atoms with Crippen molar-refractivity contribution in [3.63, 3.8) is 0 Å². The first kappa shape index (κ1) is 15.1. The van der Waals surface area contributed by atoms with E-state index < -0.39 is 61.0 Å². The van der Waals surface area contributed by atoms with E-state index in [2.05, 4.69) is 0 Å². The third kappa shape index (κ3) is 1.90. The lowest BCUT2D eigenvalue weighted by molar-refractivity contribution is -0.386. The van der Waals surface area contributed by atoms with Crippen molar-refractivity contribution >= 4 is 22.9 Å². The Morgan fingerprint density at radius 2 is 1.42 bits per heavy atom. The lowest BCUT2D eigenvalue weighted by Crippen LogP contribution is -2.22. The van der Waals surface area contributed by atoms with Gasteiger partial charge in [-0.05, 0) is 12.1 Å². The van der Waals surface area contributed by atoms with Crippen molar-refractivity contribution in [2.24, 2.45) is 0 Å². The zero-order chi connectivity index (χ0) is 17.8. The number of hydrogen-bond acceptors (Lipinski definition) is 8. The van der Waals surface area contributed by atoms with Gasteiger partial charge < -0.3 is 10.2 Å². The fourth-order valence-electron chi connectivity index (χ4n) is 2.59. The van der Waals surface area contributed by atoms with Crippen LogP contribution in [0.25, 0.3) is 0 Å². The Morgan fingerprint density at radius 1 is 0.792 bits per heavy atom. The molecule has 0 saturated heterocycles. The zero-order valence-corrected chi connectivity index (χ0v) is 11.5. The van der Waals surface area contributed by atoms with E-state index in [0.717, 1.165) is 18.2 Å². The normalized spacial score (nSPS) is 12.5. The van der Waals surface area contributed by atoms with Gasteiger partial charge in [0, 0.05) is 17.2 Å². The van der Waals surface area contributed by atoms with Crippen LogP contribution in [0.1, 0.15) is 31.8 Å². The fraction of sp³-hybridized carbons (Fsp3) is 0. The summed E-state index contributed by atoms with van der Waals surface area (Å²) in [6.45, 7) is 0. The molecule has 1 aliphatic carbocycles. The van der Waals surface area contributed by atoms with Gasteiger partial charge in [0.05, 0.1) is 21.5 Å². The first-order chi connectivity index (χ1) is 11.2. The number of phenols is 2. The highest BCUT2D eigenvalue weighted by Gasteiger charge is 2.40. The van der Waals surface area contributed by atoms with Crippen molar-refractivity contribution in [3.05, 3.63) is 66.7 Å². The van der Waals surface area contributed by atoms with Crippen molar-refractivity contribution in [1.82, 2.24) is 0 Å². The van der Waals surface area contributed by atoms with Crippen molar-refractivity contribution in [2.45, 2.75) is 0 Å². The molecule has 0 radical (unpaired) electrons. The number of nitrogens with zero attached hydrogens (tertiary/aromatic N) is 2. The molecule has 0 aromatic heterocycles. The topological polar surface area (TPSA) is 161 Å². The van der Waals surface area contributed by atoms with Crippen LogP contribution in [0.3, 0.4) is 0 Å². The van der Waals surface area contributed by atoms with Crippen molar-refractivity contribution in [1.29, 1.82) is 0 Å². The number of fused-ring (bicyclic) bond motifs is 2. The van der Waals surface area contributed by atoms with E-state index in [4.69, 9.17) is 0 Å². The molecule has 24 heavy (non-hydrogen) atoms. The van der Waals surface area contributed by atoms with Crippen molar-refractivity contribution in [2.75, 3.05) is 0 Å². The van der Waals surface area contributed by atoms with Crippen LogP contribution in [0.4, 0.5) is 11.4 Å². The number of carbonyl (C=O) groups is 2. The van der Waals surface area contributed by atoms with Crippen LogP contribution in [-0.4, -0.2) is 31.6 Å². The van der Waals surface area contributed by atoms with E-state index in [1.807, 2.05) is 0 Å². The average molecular weight is 330 g/mol. The molecule has 0 fully saturated rings. The summed E-state index contributed by atoms with van der Waals surface area (Å²) in [6.07, 6.45) is 0. The first-order valence-electron chi connectivity index (χ1n) is 6.35. The summed E-state index contributed by atoms with van der Waals surface area (Å²) >= 11 is 0. The van der Waals surface area contributed by atoms with E-state index in [1.54, 1.807) is 0 Å². The quantitative estimate of drug-likeness (QED) is 0.530. The van der Waals surface area contributed by atoms with Crippen LogP contribution in [0.2, 0.25) is 0 Å². The van der Waals surface area contributed by atoms with E-state index >= 15 is 0 Å².